The molecular weight excluding hydrogens is 336 g/mol. The monoisotopic (exact) mass is 354 g/mol. The summed E-state index contributed by atoms with van der Waals surface area (Å²) >= 11 is 1.47. The SMILES string of the molecule is CCc1ccc(OC(=O)c2ccccc2SCc2noc(C)n2)cc1. The van der Waals surface area contributed by atoms with Gasteiger partial charge in [0.2, 0.25) is 5.89 Å². The van der Waals surface area contributed by atoms with Gasteiger partial charge in [0.05, 0.1) is 11.3 Å². The van der Waals surface area contributed by atoms with Crippen LogP contribution < -0.4 is 4.74 Å². The van der Waals surface area contributed by atoms with Crippen LogP contribution in [0, 0.1) is 6.92 Å². The third-order valence-corrected chi connectivity index (χ3v) is 4.65. The minimum atomic E-state index is -0.378. The van der Waals surface area contributed by atoms with E-state index in [0.29, 0.717) is 28.8 Å². The van der Waals surface area contributed by atoms with Crippen LogP contribution >= 0.6 is 11.8 Å². The molecule has 0 atom stereocenters. The van der Waals surface area contributed by atoms with Crippen LogP contribution in [0.25, 0.3) is 0 Å². The van der Waals surface area contributed by atoms with Crippen LogP contribution in [0.15, 0.2) is 57.9 Å². The van der Waals surface area contributed by atoms with Gasteiger partial charge in [-0.15, -0.1) is 11.8 Å². The third kappa shape index (κ3) is 4.48. The zero-order valence-corrected chi connectivity index (χ0v) is 14.9. The fourth-order valence-electron chi connectivity index (χ4n) is 2.26. The number of rotatable bonds is 6. The van der Waals surface area contributed by atoms with Crippen molar-refractivity contribution in [3.05, 3.63) is 71.4 Å². The number of esters is 1. The molecule has 0 N–H and O–H groups in total. The van der Waals surface area contributed by atoms with E-state index in [1.807, 2.05) is 42.5 Å². The molecular formula is C19H18N2O3S. The average molecular weight is 354 g/mol. The maximum atomic E-state index is 12.5. The summed E-state index contributed by atoms with van der Waals surface area (Å²) < 4.78 is 10.5. The van der Waals surface area contributed by atoms with Gasteiger partial charge in [0.15, 0.2) is 5.82 Å². The number of carbonyl (C=O) groups excluding carboxylic acids is 1. The Morgan fingerprint density at radius 3 is 2.60 bits per heavy atom. The lowest BCUT2D eigenvalue weighted by molar-refractivity contribution is 0.0731. The highest BCUT2D eigenvalue weighted by Crippen LogP contribution is 2.26. The molecule has 0 spiro atoms. The largest absolute Gasteiger partial charge is 0.423 e. The normalized spacial score (nSPS) is 10.6. The molecule has 128 valence electrons. The molecule has 0 amide bonds. The zero-order chi connectivity index (χ0) is 17.6. The number of hydrogen-bond donors (Lipinski definition) is 0. The Bertz CT molecular complexity index is 859. The van der Waals surface area contributed by atoms with Crippen molar-refractivity contribution in [1.29, 1.82) is 0 Å². The van der Waals surface area contributed by atoms with E-state index in [1.165, 1.54) is 17.3 Å². The molecule has 5 nitrogen and oxygen atoms in total. The number of aromatic nitrogens is 2. The minimum Gasteiger partial charge on any atom is -0.423 e. The Kier molecular flexibility index (Phi) is 5.50. The van der Waals surface area contributed by atoms with E-state index in [4.69, 9.17) is 9.26 Å². The topological polar surface area (TPSA) is 65.2 Å². The predicted molar refractivity (Wildman–Crippen MR) is 95.8 cm³/mol. The number of nitrogens with zero attached hydrogens (tertiary/aromatic N) is 2. The van der Waals surface area contributed by atoms with Crippen molar-refractivity contribution in [2.45, 2.75) is 30.9 Å². The predicted octanol–water partition coefficient (Wildman–Crippen LogP) is 4.45. The third-order valence-electron chi connectivity index (χ3n) is 3.58. The summed E-state index contributed by atoms with van der Waals surface area (Å²) in [4.78, 5) is 17.5. The van der Waals surface area contributed by atoms with Crippen LogP contribution in [0.2, 0.25) is 0 Å². The number of hydrogen-bond acceptors (Lipinski definition) is 6. The Morgan fingerprint density at radius 2 is 1.92 bits per heavy atom. The molecule has 0 aliphatic rings. The van der Waals surface area contributed by atoms with E-state index in [9.17, 15) is 4.79 Å². The summed E-state index contributed by atoms with van der Waals surface area (Å²) in [6.07, 6.45) is 0.948. The van der Waals surface area contributed by atoms with Crippen molar-refractivity contribution < 1.29 is 14.1 Å². The molecule has 0 saturated heterocycles. The maximum absolute atomic E-state index is 12.5. The highest BCUT2D eigenvalue weighted by Gasteiger charge is 2.15. The second kappa shape index (κ2) is 7.98. The van der Waals surface area contributed by atoms with Crippen LogP contribution in [0.1, 0.15) is 34.6 Å². The Morgan fingerprint density at radius 1 is 1.16 bits per heavy atom. The summed E-state index contributed by atoms with van der Waals surface area (Å²) in [5.41, 5.74) is 1.72. The van der Waals surface area contributed by atoms with Crippen LogP contribution in [-0.4, -0.2) is 16.1 Å². The fraction of sp³-hybridized carbons (Fsp3) is 0.211. The number of aryl methyl sites for hydroxylation is 2. The standard InChI is InChI=1S/C19H18N2O3S/c1-3-14-8-10-15(11-9-14)23-19(22)16-6-4-5-7-17(16)25-12-18-20-13(2)24-21-18/h4-11H,3,12H2,1-2H3. The number of benzene rings is 2. The molecule has 0 aliphatic heterocycles. The summed E-state index contributed by atoms with van der Waals surface area (Å²) in [6.45, 7) is 3.83. The highest BCUT2D eigenvalue weighted by molar-refractivity contribution is 7.98. The molecule has 1 heterocycles. The van der Waals surface area contributed by atoms with E-state index in [1.54, 1.807) is 13.0 Å². The van der Waals surface area contributed by atoms with Gasteiger partial charge in [-0.25, -0.2) is 4.79 Å². The van der Waals surface area contributed by atoms with Crippen LogP contribution in [0.4, 0.5) is 0 Å². The van der Waals surface area contributed by atoms with E-state index in [0.717, 1.165) is 11.3 Å². The molecule has 6 heteroatoms. The van der Waals surface area contributed by atoms with Crippen LogP contribution in [0.5, 0.6) is 5.75 Å². The van der Waals surface area contributed by atoms with Crippen LogP contribution in [0.3, 0.4) is 0 Å². The first kappa shape index (κ1) is 17.2. The smallest absolute Gasteiger partial charge is 0.344 e. The first-order valence-electron chi connectivity index (χ1n) is 7.98. The maximum Gasteiger partial charge on any atom is 0.344 e. The van der Waals surface area contributed by atoms with Crippen molar-refractivity contribution >= 4 is 17.7 Å². The average Bonchev–Trinajstić information content (AvgIpc) is 3.06. The second-order valence-electron chi connectivity index (χ2n) is 5.40. The summed E-state index contributed by atoms with van der Waals surface area (Å²) in [5, 5.41) is 3.87. The molecule has 3 rings (SSSR count). The molecule has 0 fully saturated rings. The second-order valence-corrected chi connectivity index (χ2v) is 6.42. The van der Waals surface area contributed by atoms with E-state index >= 15 is 0 Å². The minimum absolute atomic E-state index is 0.378. The van der Waals surface area contributed by atoms with Gasteiger partial charge in [-0.05, 0) is 36.2 Å². The van der Waals surface area contributed by atoms with Gasteiger partial charge in [0, 0.05) is 11.8 Å². The van der Waals surface area contributed by atoms with Gasteiger partial charge in [0.1, 0.15) is 5.75 Å². The molecule has 0 radical (unpaired) electrons. The first-order valence-corrected chi connectivity index (χ1v) is 8.96. The van der Waals surface area contributed by atoms with Gasteiger partial charge in [-0.3, -0.25) is 0 Å². The molecule has 25 heavy (non-hydrogen) atoms. The fourth-order valence-corrected chi connectivity index (χ4v) is 3.14. The van der Waals surface area contributed by atoms with Crippen molar-refractivity contribution in [3.63, 3.8) is 0 Å². The van der Waals surface area contributed by atoms with E-state index in [2.05, 4.69) is 17.1 Å². The van der Waals surface area contributed by atoms with E-state index < -0.39 is 0 Å². The number of ether oxygens (including phenoxy) is 1. The van der Waals surface area contributed by atoms with Gasteiger partial charge in [-0.1, -0.05) is 36.3 Å². The molecule has 0 bridgehead atoms. The number of carbonyl (C=O) groups is 1. The first-order chi connectivity index (χ1) is 12.2. The van der Waals surface area contributed by atoms with Crippen LogP contribution in [-0.2, 0) is 12.2 Å². The van der Waals surface area contributed by atoms with E-state index in [-0.39, 0.29) is 5.97 Å². The summed E-state index contributed by atoms with van der Waals surface area (Å²) in [5.74, 6) is 1.81. The Balaban J connectivity index is 1.71. The summed E-state index contributed by atoms with van der Waals surface area (Å²) in [6, 6.07) is 14.9. The molecule has 3 aromatic rings. The Labute approximate surface area is 150 Å². The lowest BCUT2D eigenvalue weighted by Gasteiger charge is -2.09. The molecule has 0 unspecified atom stereocenters. The van der Waals surface area contributed by atoms with Gasteiger partial charge >= 0.3 is 5.97 Å². The molecule has 0 aliphatic carbocycles. The zero-order valence-electron chi connectivity index (χ0n) is 14.1. The van der Waals surface area contributed by atoms with Crippen molar-refractivity contribution in [2.24, 2.45) is 0 Å². The van der Waals surface area contributed by atoms with Crippen molar-refractivity contribution in [1.82, 2.24) is 10.1 Å². The quantitative estimate of drug-likeness (QED) is 0.370. The van der Waals surface area contributed by atoms with Crippen molar-refractivity contribution in [2.75, 3.05) is 0 Å². The van der Waals surface area contributed by atoms with Gasteiger partial charge < -0.3 is 9.26 Å². The lowest BCUT2D eigenvalue weighted by Crippen LogP contribution is -2.09. The number of thioether (sulfide) groups is 1. The molecule has 2 aromatic carbocycles. The molecule has 1 aromatic heterocycles. The Hall–Kier alpha value is -2.60. The molecule has 0 saturated carbocycles. The van der Waals surface area contributed by atoms with Crippen molar-refractivity contribution in [3.8, 4) is 5.75 Å². The highest BCUT2D eigenvalue weighted by atomic mass is 32.2. The van der Waals surface area contributed by atoms with Gasteiger partial charge in [-0.2, -0.15) is 4.98 Å². The van der Waals surface area contributed by atoms with Gasteiger partial charge in [0.25, 0.3) is 0 Å². The summed E-state index contributed by atoms with van der Waals surface area (Å²) in [7, 11) is 0. The lowest BCUT2D eigenvalue weighted by atomic mass is 10.2.